The fourth-order valence-corrected chi connectivity index (χ4v) is 2.62. The summed E-state index contributed by atoms with van der Waals surface area (Å²) in [6, 6.07) is 15.6. The van der Waals surface area contributed by atoms with Crippen molar-refractivity contribution in [3.05, 3.63) is 71.0 Å². The third-order valence-electron chi connectivity index (χ3n) is 4.04. The first-order valence-corrected chi connectivity index (χ1v) is 7.30. The fraction of sp³-hybridized carbons (Fsp3) is 0.333. The van der Waals surface area contributed by atoms with Gasteiger partial charge in [-0.2, -0.15) is 0 Å². The maximum absolute atomic E-state index is 12.9. The lowest BCUT2D eigenvalue weighted by Crippen LogP contribution is -2.18. The van der Waals surface area contributed by atoms with Crippen LogP contribution in [0.25, 0.3) is 0 Å². The van der Waals surface area contributed by atoms with Crippen molar-refractivity contribution in [3.8, 4) is 0 Å². The molecule has 1 atom stereocenters. The van der Waals surface area contributed by atoms with Gasteiger partial charge in [-0.1, -0.05) is 36.4 Å². The summed E-state index contributed by atoms with van der Waals surface area (Å²) in [5.41, 5.74) is 4.01. The van der Waals surface area contributed by atoms with Crippen LogP contribution < -0.4 is 5.32 Å². The highest BCUT2D eigenvalue weighted by Gasteiger charge is 2.25. The van der Waals surface area contributed by atoms with E-state index in [0.29, 0.717) is 0 Å². The van der Waals surface area contributed by atoms with Crippen molar-refractivity contribution in [3.63, 3.8) is 0 Å². The zero-order valence-corrected chi connectivity index (χ0v) is 11.8. The predicted molar refractivity (Wildman–Crippen MR) is 80.1 cm³/mol. The van der Waals surface area contributed by atoms with E-state index in [1.54, 1.807) is 0 Å². The van der Waals surface area contributed by atoms with Crippen LogP contribution in [0.2, 0.25) is 0 Å². The summed E-state index contributed by atoms with van der Waals surface area (Å²) in [5.74, 6) is 0.592. The van der Waals surface area contributed by atoms with Crippen LogP contribution in [0.1, 0.15) is 48.4 Å². The normalized spacial score (nSPS) is 16.1. The largest absolute Gasteiger partial charge is 0.306 e. The van der Waals surface area contributed by atoms with Crippen molar-refractivity contribution < 1.29 is 4.39 Å². The highest BCUT2D eigenvalue weighted by atomic mass is 19.1. The average Bonchev–Trinajstić information content (AvgIpc) is 3.30. The minimum atomic E-state index is -0.181. The molecule has 0 spiro atoms. The number of hydrogen-bond acceptors (Lipinski definition) is 1. The van der Waals surface area contributed by atoms with Crippen LogP contribution in [0.3, 0.4) is 0 Å². The Morgan fingerprint density at radius 3 is 2.50 bits per heavy atom. The molecule has 3 rings (SSSR count). The van der Waals surface area contributed by atoms with Crippen LogP contribution in [-0.2, 0) is 6.54 Å². The third-order valence-corrected chi connectivity index (χ3v) is 4.04. The molecule has 0 radical (unpaired) electrons. The van der Waals surface area contributed by atoms with Gasteiger partial charge in [-0.3, -0.25) is 0 Å². The Morgan fingerprint density at radius 1 is 1.10 bits per heavy atom. The van der Waals surface area contributed by atoms with E-state index in [0.717, 1.165) is 18.0 Å². The van der Waals surface area contributed by atoms with E-state index in [9.17, 15) is 4.39 Å². The third kappa shape index (κ3) is 3.07. The smallest absolute Gasteiger partial charge is 0.123 e. The van der Waals surface area contributed by atoms with Crippen LogP contribution >= 0.6 is 0 Å². The van der Waals surface area contributed by atoms with Crippen molar-refractivity contribution in [1.29, 1.82) is 0 Å². The Kier molecular flexibility index (Phi) is 3.83. The Bertz CT molecular complexity index is 572. The molecule has 20 heavy (non-hydrogen) atoms. The monoisotopic (exact) mass is 269 g/mol. The Morgan fingerprint density at radius 2 is 1.80 bits per heavy atom. The standard InChI is InChI=1S/C18H20FN/c1-13(14-8-10-17(19)11-9-14)20-12-16-4-2-3-5-18(16)15-6-7-15/h2-5,8-11,13,15,20H,6-7,12H2,1H3. The topological polar surface area (TPSA) is 12.0 Å². The molecule has 1 aliphatic rings. The van der Waals surface area contributed by atoms with Gasteiger partial charge in [0.2, 0.25) is 0 Å². The molecule has 1 aliphatic carbocycles. The molecule has 1 unspecified atom stereocenters. The SMILES string of the molecule is CC(NCc1ccccc1C1CC1)c1ccc(F)cc1. The number of halogens is 1. The van der Waals surface area contributed by atoms with Crippen molar-refractivity contribution in [2.75, 3.05) is 0 Å². The van der Waals surface area contributed by atoms with E-state index >= 15 is 0 Å². The van der Waals surface area contributed by atoms with Gasteiger partial charge in [0.1, 0.15) is 5.82 Å². The Hall–Kier alpha value is -1.67. The van der Waals surface area contributed by atoms with E-state index in [2.05, 4.69) is 36.5 Å². The second kappa shape index (κ2) is 5.76. The quantitative estimate of drug-likeness (QED) is 0.839. The van der Waals surface area contributed by atoms with E-state index in [-0.39, 0.29) is 11.9 Å². The van der Waals surface area contributed by atoms with Gasteiger partial charge >= 0.3 is 0 Å². The molecule has 0 heterocycles. The fourth-order valence-electron chi connectivity index (χ4n) is 2.62. The van der Waals surface area contributed by atoms with Gasteiger partial charge in [0.15, 0.2) is 0 Å². The Labute approximate surface area is 119 Å². The minimum absolute atomic E-state index is 0.181. The molecule has 1 nitrogen and oxygen atoms in total. The molecule has 104 valence electrons. The summed E-state index contributed by atoms with van der Waals surface area (Å²) in [5, 5.41) is 3.54. The van der Waals surface area contributed by atoms with Crippen molar-refractivity contribution in [2.45, 2.75) is 38.3 Å². The average molecular weight is 269 g/mol. The summed E-state index contributed by atoms with van der Waals surface area (Å²) in [6.45, 7) is 2.98. The molecule has 2 aromatic carbocycles. The van der Waals surface area contributed by atoms with Gasteiger partial charge < -0.3 is 5.32 Å². The molecule has 1 saturated carbocycles. The van der Waals surface area contributed by atoms with Crippen LogP contribution in [-0.4, -0.2) is 0 Å². The van der Waals surface area contributed by atoms with Crippen LogP contribution in [0.15, 0.2) is 48.5 Å². The summed E-state index contributed by atoms with van der Waals surface area (Å²) in [6.07, 6.45) is 2.65. The zero-order chi connectivity index (χ0) is 13.9. The van der Waals surface area contributed by atoms with Crippen LogP contribution in [0.4, 0.5) is 4.39 Å². The van der Waals surface area contributed by atoms with E-state index in [4.69, 9.17) is 0 Å². The first-order chi connectivity index (χ1) is 9.74. The van der Waals surface area contributed by atoms with E-state index in [1.807, 2.05) is 12.1 Å². The first kappa shape index (κ1) is 13.3. The first-order valence-electron chi connectivity index (χ1n) is 7.30. The molecule has 0 saturated heterocycles. The molecule has 0 bridgehead atoms. The molecule has 1 fully saturated rings. The molecular formula is C18H20FN. The van der Waals surface area contributed by atoms with Gasteiger partial charge in [-0.05, 0) is 54.5 Å². The lowest BCUT2D eigenvalue weighted by molar-refractivity contribution is 0.569. The highest BCUT2D eigenvalue weighted by molar-refractivity contribution is 5.33. The van der Waals surface area contributed by atoms with Crippen LogP contribution in [0, 0.1) is 5.82 Å². The molecule has 0 aliphatic heterocycles. The molecular weight excluding hydrogens is 249 g/mol. The number of nitrogens with one attached hydrogen (secondary N) is 1. The molecule has 1 N–H and O–H groups in total. The second-order valence-corrected chi connectivity index (χ2v) is 5.63. The van der Waals surface area contributed by atoms with Gasteiger partial charge in [-0.15, -0.1) is 0 Å². The molecule has 0 amide bonds. The van der Waals surface area contributed by atoms with Gasteiger partial charge in [0.05, 0.1) is 0 Å². The van der Waals surface area contributed by atoms with Gasteiger partial charge in [-0.25, -0.2) is 4.39 Å². The van der Waals surface area contributed by atoms with Crippen molar-refractivity contribution >= 4 is 0 Å². The van der Waals surface area contributed by atoms with E-state index < -0.39 is 0 Å². The summed E-state index contributed by atoms with van der Waals surface area (Å²) in [4.78, 5) is 0. The summed E-state index contributed by atoms with van der Waals surface area (Å²) >= 11 is 0. The van der Waals surface area contributed by atoms with Gasteiger partial charge in [0.25, 0.3) is 0 Å². The van der Waals surface area contributed by atoms with Crippen molar-refractivity contribution in [2.24, 2.45) is 0 Å². The Balaban J connectivity index is 1.65. The van der Waals surface area contributed by atoms with E-state index in [1.165, 1.54) is 36.1 Å². The number of rotatable bonds is 5. The van der Waals surface area contributed by atoms with Crippen molar-refractivity contribution in [1.82, 2.24) is 5.32 Å². The lowest BCUT2D eigenvalue weighted by atomic mass is 10.0. The molecule has 0 aromatic heterocycles. The maximum atomic E-state index is 12.9. The number of hydrogen-bond donors (Lipinski definition) is 1. The minimum Gasteiger partial charge on any atom is -0.306 e. The highest BCUT2D eigenvalue weighted by Crippen LogP contribution is 2.41. The zero-order valence-electron chi connectivity index (χ0n) is 11.8. The van der Waals surface area contributed by atoms with Crippen LogP contribution in [0.5, 0.6) is 0 Å². The molecule has 2 heteroatoms. The summed E-state index contributed by atoms with van der Waals surface area (Å²) in [7, 11) is 0. The molecule has 2 aromatic rings. The summed E-state index contributed by atoms with van der Waals surface area (Å²) < 4.78 is 12.9. The van der Waals surface area contributed by atoms with Gasteiger partial charge in [0, 0.05) is 12.6 Å². The number of benzene rings is 2. The lowest BCUT2D eigenvalue weighted by Gasteiger charge is -2.16. The maximum Gasteiger partial charge on any atom is 0.123 e. The second-order valence-electron chi connectivity index (χ2n) is 5.63. The predicted octanol–water partition coefficient (Wildman–Crippen LogP) is 4.55.